The first-order valence-corrected chi connectivity index (χ1v) is 10.1. The third-order valence-electron chi connectivity index (χ3n) is 4.48. The fourth-order valence-corrected chi connectivity index (χ4v) is 3.39. The molecule has 0 amide bonds. The van der Waals surface area contributed by atoms with Gasteiger partial charge < -0.3 is 10.7 Å². The van der Waals surface area contributed by atoms with Crippen LogP contribution in [0.5, 0.6) is 0 Å². The minimum Gasteiger partial charge on any atom is -0.399 e. The predicted octanol–water partition coefficient (Wildman–Crippen LogP) is 5.75. The van der Waals surface area contributed by atoms with E-state index in [1.165, 1.54) is 24.3 Å². The van der Waals surface area contributed by atoms with Crippen molar-refractivity contribution in [3.63, 3.8) is 0 Å². The van der Waals surface area contributed by atoms with Crippen LogP contribution in [0.1, 0.15) is 11.1 Å². The van der Waals surface area contributed by atoms with Gasteiger partial charge in [-0.15, -0.1) is 0 Å². The average Bonchev–Trinajstić information content (AvgIpc) is 2.72. The maximum Gasteiger partial charge on any atom is 0.416 e. The molecule has 4 aromatic rings. The molecule has 0 unspecified atom stereocenters. The van der Waals surface area contributed by atoms with Crippen molar-refractivity contribution in [1.29, 1.82) is 0 Å². The van der Waals surface area contributed by atoms with Crippen LogP contribution in [0.15, 0.2) is 80.8 Å². The number of benzene rings is 3. The molecule has 3 N–H and O–H groups in total. The van der Waals surface area contributed by atoms with Crippen LogP contribution in [0.4, 0.5) is 32.0 Å². The number of fused-ring (bicyclic) bond motifs is 1. The van der Waals surface area contributed by atoms with E-state index in [4.69, 9.17) is 5.73 Å². The first-order chi connectivity index (χ1) is 15.8. The number of rotatable bonds is 1. The van der Waals surface area contributed by atoms with Gasteiger partial charge >= 0.3 is 18.0 Å². The highest BCUT2D eigenvalue weighted by molar-refractivity contribution is 9.10. The Hall–Kier alpha value is -3.54. The summed E-state index contributed by atoms with van der Waals surface area (Å²) < 4.78 is 79.1. The van der Waals surface area contributed by atoms with Gasteiger partial charge in [-0.25, -0.2) is 9.36 Å². The summed E-state index contributed by atoms with van der Waals surface area (Å²) in [5.74, 6) is 0. The van der Waals surface area contributed by atoms with Crippen molar-refractivity contribution in [2.45, 2.75) is 12.4 Å². The Morgan fingerprint density at radius 2 is 1.38 bits per heavy atom. The zero-order valence-corrected chi connectivity index (χ0v) is 18.4. The molecule has 1 heterocycles. The lowest BCUT2D eigenvalue weighted by molar-refractivity contribution is -0.143. The molecule has 0 aliphatic carbocycles. The zero-order valence-electron chi connectivity index (χ0n) is 16.8. The topological polar surface area (TPSA) is 80.9 Å². The largest absolute Gasteiger partial charge is 0.416 e. The Balaban J connectivity index is 0.000000343. The van der Waals surface area contributed by atoms with Crippen molar-refractivity contribution >= 4 is 32.5 Å². The Bertz CT molecular complexity index is 1410. The van der Waals surface area contributed by atoms with Crippen molar-refractivity contribution in [2.24, 2.45) is 0 Å². The lowest BCUT2D eigenvalue weighted by Gasteiger charge is -2.15. The van der Waals surface area contributed by atoms with Gasteiger partial charge in [-0.1, -0.05) is 34.1 Å². The number of aromatic amines is 1. The van der Waals surface area contributed by atoms with Gasteiger partial charge in [-0.05, 0) is 48.5 Å². The zero-order chi connectivity index (χ0) is 25.3. The van der Waals surface area contributed by atoms with Gasteiger partial charge in [0.05, 0.1) is 27.7 Å². The lowest BCUT2D eigenvalue weighted by atomic mass is 10.1. The van der Waals surface area contributed by atoms with Crippen LogP contribution in [-0.2, 0) is 12.4 Å². The van der Waals surface area contributed by atoms with E-state index in [0.29, 0.717) is 12.1 Å². The Morgan fingerprint density at radius 1 is 0.794 bits per heavy atom. The molecule has 1 aromatic heterocycles. The van der Waals surface area contributed by atoms with Crippen LogP contribution in [0.2, 0.25) is 0 Å². The quantitative estimate of drug-likeness (QED) is 0.236. The summed E-state index contributed by atoms with van der Waals surface area (Å²) in [5, 5.41) is -0.0573. The van der Waals surface area contributed by atoms with Gasteiger partial charge in [-0.3, -0.25) is 4.79 Å². The molecule has 12 heteroatoms. The molecule has 5 nitrogen and oxygen atoms in total. The first-order valence-electron chi connectivity index (χ1n) is 9.32. The smallest absolute Gasteiger partial charge is 0.399 e. The van der Waals surface area contributed by atoms with Crippen LogP contribution in [-0.4, -0.2) is 9.55 Å². The molecule has 0 aliphatic heterocycles. The minimum atomic E-state index is -5.09. The normalized spacial score (nSPS) is 11.7. The predicted molar refractivity (Wildman–Crippen MR) is 119 cm³/mol. The lowest BCUT2D eigenvalue weighted by Crippen LogP contribution is -2.34. The number of nitrogens with two attached hydrogens (primary N) is 1. The molecule has 4 rings (SSSR count). The van der Waals surface area contributed by atoms with Crippen molar-refractivity contribution in [3.8, 4) is 5.69 Å². The maximum atomic E-state index is 13.0. The first kappa shape index (κ1) is 25.1. The van der Waals surface area contributed by atoms with E-state index in [-0.39, 0.29) is 21.5 Å². The number of para-hydroxylation sites is 1. The number of anilines is 1. The van der Waals surface area contributed by atoms with Crippen LogP contribution in [0.25, 0.3) is 16.6 Å². The number of nitrogens with one attached hydrogen (secondary N) is 1. The third kappa shape index (κ3) is 5.68. The monoisotopic (exact) mass is 545 g/mol. The number of aromatic nitrogens is 2. The summed E-state index contributed by atoms with van der Waals surface area (Å²) in [5.41, 5.74) is 0.0738. The molecule has 0 atom stereocenters. The molecule has 34 heavy (non-hydrogen) atoms. The van der Waals surface area contributed by atoms with Gasteiger partial charge in [0.1, 0.15) is 0 Å². The van der Waals surface area contributed by atoms with Gasteiger partial charge in [0, 0.05) is 10.2 Å². The van der Waals surface area contributed by atoms with Gasteiger partial charge in [0.25, 0.3) is 5.56 Å². The number of nitrogens with zero attached hydrogens (tertiary/aromatic N) is 1. The van der Waals surface area contributed by atoms with E-state index < -0.39 is 40.4 Å². The highest BCUT2D eigenvalue weighted by atomic mass is 79.9. The Kier molecular flexibility index (Phi) is 6.92. The summed E-state index contributed by atoms with van der Waals surface area (Å²) in [6.07, 6.45) is -10.2. The number of H-pyrrole nitrogens is 1. The van der Waals surface area contributed by atoms with E-state index in [1.54, 1.807) is 0 Å². The fourth-order valence-electron chi connectivity index (χ4n) is 2.97. The standard InChI is InChI=1S/C16H8F6N2O2.C6H6BrN/c17-15(18,19)8-5-9(16(20,21)22)7-10(6-8)24-13(25)11-3-1-2-4-12(11)23-14(24)26;7-5-2-1-3-6(8)4-5/h1-7H,(H,23,26);1-4H,8H2. The molecule has 0 saturated carbocycles. The fraction of sp³-hybridized carbons (Fsp3) is 0.0909. The summed E-state index contributed by atoms with van der Waals surface area (Å²) in [7, 11) is 0. The van der Waals surface area contributed by atoms with Crippen LogP contribution in [0.3, 0.4) is 0 Å². The van der Waals surface area contributed by atoms with Crippen LogP contribution >= 0.6 is 15.9 Å². The van der Waals surface area contributed by atoms with Crippen molar-refractivity contribution in [3.05, 3.63) is 103 Å². The second kappa shape index (κ2) is 9.37. The van der Waals surface area contributed by atoms with Crippen molar-refractivity contribution in [1.82, 2.24) is 9.55 Å². The number of nitrogen functional groups attached to an aromatic ring is 1. The summed E-state index contributed by atoms with van der Waals surface area (Å²) in [6.45, 7) is 0. The molecule has 0 radical (unpaired) electrons. The van der Waals surface area contributed by atoms with Crippen molar-refractivity contribution < 1.29 is 26.3 Å². The van der Waals surface area contributed by atoms with E-state index in [9.17, 15) is 35.9 Å². The summed E-state index contributed by atoms with van der Waals surface area (Å²) in [4.78, 5) is 26.8. The van der Waals surface area contributed by atoms with E-state index in [2.05, 4.69) is 20.9 Å². The molecule has 3 aromatic carbocycles. The number of alkyl halides is 6. The van der Waals surface area contributed by atoms with E-state index >= 15 is 0 Å². The van der Waals surface area contributed by atoms with E-state index in [0.717, 1.165) is 10.2 Å². The Morgan fingerprint density at radius 3 is 1.88 bits per heavy atom. The highest BCUT2D eigenvalue weighted by Crippen LogP contribution is 2.36. The number of halogens is 7. The second-order valence-electron chi connectivity index (χ2n) is 6.94. The molecule has 0 saturated heterocycles. The van der Waals surface area contributed by atoms with Crippen molar-refractivity contribution in [2.75, 3.05) is 5.73 Å². The minimum absolute atomic E-state index is 0.0573. The second-order valence-corrected chi connectivity index (χ2v) is 7.85. The molecular weight excluding hydrogens is 532 g/mol. The Labute approximate surface area is 195 Å². The summed E-state index contributed by atoms with van der Waals surface area (Å²) >= 11 is 3.28. The molecule has 0 aliphatic rings. The van der Waals surface area contributed by atoms with E-state index in [1.807, 2.05) is 24.3 Å². The number of hydrogen-bond acceptors (Lipinski definition) is 3. The van der Waals surface area contributed by atoms with Gasteiger partial charge in [-0.2, -0.15) is 26.3 Å². The highest BCUT2D eigenvalue weighted by Gasteiger charge is 2.37. The number of hydrogen-bond donors (Lipinski definition) is 2. The SMILES string of the molecule is Nc1cccc(Br)c1.O=c1[nH]c2ccccc2c(=O)n1-c1cc(C(F)(F)F)cc(C(F)(F)F)c1. The maximum absolute atomic E-state index is 13.0. The average molecular weight is 546 g/mol. The molecule has 0 fully saturated rings. The molecular formula is C22H14BrF6N3O2. The third-order valence-corrected chi connectivity index (χ3v) is 4.98. The molecule has 0 bridgehead atoms. The molecule has 178 valence electrons. The van der Waals surface area contributed by atoms with Crippen LogP contribution < -0.4 is 17.0 Å². The summed E-state index contributed by atoms with van der Waals surface area (Å²) in [6, 6.07) is 13.7. The van der Waals surface area contributed by atoms with Gasteiger partial charge in [0.2, 0.25) is 0 Å². The van der Waals surface area contributed by atoms with Gasteiger partial charge in [0.15, 0.2) is 0 Å². The molecule has 0 spiro atoms. The van der Waals surface area contributed by atoms with Crippen LogP contribution in [0, 0.1) is 0 Å².